The summed E-state index contributed by atoms with van der Waals surface area (Å²) < 4.78 is 1.93. The molecule has 80 valence electrons. The fourth-order valence-corrected chi connectivity index (χ4v) is 1.84. The zero-order chi connectivity index (χ0) is 10.3. The Bertz CT molecular complexity index is 652. The van der Waals surface area contributed by atoms with E-state index in [1.165, 1.54) is 5.39 Å². The predicted octanol–water partition coefficient (Wildman–Crippen LogP) is -0.712. The maximum absolute atomic E-state index is 9.71. The fraction of sp³-hybridized carbons (Fsp3) is 0. The van der Waals surface area contributed by atoms with E-state index in [0.29, 0.717) is 5.75 Å². The first-order valence-corrected chi connectivity index (χ1v) is 4.86. The highest BCUT2D eigenvalue weighted by atomic mass is 79.9. The molecular formula is C13H10BrNO. The van der Waals surface area contributed by atoms with Crippen molar-refractivity contribution in [3.8, 4) is 5.75 Å². The molecule has 0 aliphatic rings. The van der Waals surface area contributed by atoms with Crippen LogP contribution in [-0.2, 0) is 0 Å². The fourth-order valence-electron chi connectivity index (χ4n) is 1.84. The Morgan fingerprint density at radius 1 is 0.938 bits per heavy atom. The van der Waals surface area contributed by atoms with Crippen molar-refractivity contribution in [2.24, 2.45) is 0 Å². The Labute approximate surface area is 104 Å². The van der Waals surface area contributed by atoms with Crippen LogP contribution in [0.1, 0.15) is 0 Å². The number of nitrogens with zero attached hydrogens (tertiary/aromatic N) is 1. The predicted molar refractivity (Wildman–Crippen MR) is 58.8 cm³/mol. The van der Waals surface area contributed by atoms with Crippen molar-refractivity contribution in [2.45, 2.75) is 0 Å². The van der Waals surface area contributed by atoms with Gasteiger partial charge >= 0.3 is 0 Å². The average molecular weight is 276 g/mol. The molecule has 0 aliphatic heterocycles. The highest BCUT2D eigenvalue weighted by Gasteiger charge is 2.08. The van der Waals surface area contributed by atoms with Crippen LogP contribution in [0.2, 0.25) is 0 Å². The molecular weight excluding hydrogens is 266 g/mol. The molecule has 0 fully saturated rings. The number of halogens is 1. The van der Waals surface area contributed by atoms with Crippen LogP contribution in [0.3, 0.4) is 0 Å². The lowest BCUT2D eigenvalue weighted by atomic mass is 10.1. The Morgan fingerprint density at radius 3 is 2.50 bits per heavy atom. The third-order valence-corrected chi connectivity index (χ3v) is 2.61. The van der Waals surface area contributed by atoms with Crippen molar-refractivity contribution in [2.75, 3.05) is 0 Å². The van der Waals surface area contributed by atoms with Gasteiger partial charge in [0.25, 0.3) is 5.52 Å². The van der Waals surface area contributed by atoms with Crippen molar-refractivity contribution in [3.05, 3.63) is 54.9 Å². The van der Waals surface area contributed by atoms with Crippen LogP contribution < -0.4 is 21.4 Å². The molecule has 3 rings (SSSR count). The van der Waals surface area contributed by atoms with Gasteiger partial charge in [-0.15, -0.1) is 0 Å². The molecule has 16 heavy (non-hydrogen) atoms. The first-order chi connectivity index (χ1) is 7.34. The summed E-state index contributed by atoms with van der Waals surface area (Å²) in [6.07, 6.45) is 3.95. The van der Waals surface area contributed by atoms with Gasteiger partial charge in [0.2, 0.25) is 0 Å². The SMILES string of the molecule is Oc1ccc[n+]2cc3ccccc3cc12.[Br-]. The monoisotopic (exact) mass is 275 g/mol. The van der Waals surface area contributed by atoms with E-state index in [2.05, 4.69) is 6.07 Å². The molecule has 0 aliphatic carbocycles. The Morgan fingerprint density at radius 2 is 1.69 bits per heavy atom. The van der Waals surface area contributed by atoms with Crippen LogP contribution in [0.15, 0.2) is 54.9 Å². The van der Waals surface area contributed by atoms with E-state index in [9.17, 15) is 5.11 Å². The summed E-state index contributed by atoms with van der Waals surface area (Å²) in [5.41, 5.74) is 0.830. The minimum Gasteiger partial charge on any atom is -1.00 e. The topological polar surface area (TPSA) is 24.3 Å². The maximum Gasteiger partial charge on any atom is 0.253 e. The van der Waals surface area contributed by atoms with E-state index in [-0.39, 0.29) is 17.0 Å². The number of rotatable bonds is 0. The van der Waals surface area contributed by atoms with Crippen LogP contribution in [0.25, 0.3) is 16.3 Å². The van der Waals surface area contributed by atoms with Gasteiger partial charge in [0, 0.05) is 17.5 Å². The normalized spacial score (nSPS) is 10.2. The van der Waals surface area contributed by atoms with E-state index >= 15 is 0 Å². The smallest absolute Gasteiger partial charge is 0.253 e. The van der Waals surface area contributed by atoms with Crippen LogP contribution in [0.4, 0.5) is 0 Å². The molecule has 0 spiro atoms. The molecule has 0 radical (unpaired) electrons. The van der Waals surface area contributed by atoms with Crippen LogP contribution in [-0.4, -0.2) is 5.11 Å². The number of fused-ring (bicyclic) bond motifs is 2. The average Bonchev–Trinajstić information content (AvgIpc) is 2.27. The Balaban J connectivity index is 0.000000963. The number of hydrogen-bond acceptors (Lipinski definition) is 1. The Kier molecular flexibility index (Phi) is 2.79. The van der Waals surface area contributed by atoms with E-state index in [1.54, 1.807) is 6.07 Å². The van der Waals surface area contributed by atoms with Crippen molar-refractivity contribution in [3.63, 3.8) is 0 Å². The van der Waals surface area contributed by atoms with E-state index < -0.39 is 0 Å². The maximum atomic E-state index is 9.71. The largest absolute Gasteiger partial charge is 1.00 e. The standard InChI is InChI=1S/C13H9NO.BrH/c15-13-6-3-7-14-9-11-5-2-1-4-10(11)8-12(13)14;/h1-9H;1H. The minimum atomic E-state index is 0. The summed E-state index contributed by atoms with van der Waals surface area (Å²) in [5.74, 6) is 0.309. The zero-order valence-corrected chi connectivity index (χ0v) is 10.1. The number of pyridine rings is 2. The molecule has 0 atom stereocenters. The molecule has 2 aromatic heterocycles. The summed E-state index contributed by atoms with van der Waals surface area (Å²) in [6, 6.07) is 13.6. The number of aromatic nitrogens is 1. The summed E-state index contributed by atoms with van der Waals surface area (Å²) in [7, 11) is 0. The van der Waals surface area contributed by atoms with Crippen LogP contribution >= 0.6 is 0 Å². The molecule has 2 nitrogen and oxygen atoms in total. The van der Waals surface area contributed by atoms with Crippen molar-refractivity contribution in [1.82, 2.24) is 0 Å². The van der Waals surface area contributed by atoms with Gasteiger partial charge in [-0.1, -0.05) is 18.2 Å². The second-order valence-corrected chi connectivity index (χ2v) is 3.59. The van der Waals surface area contributed by atoms with Crippen LogP contribution in [0, 0.1) is 0 Å². The lowest BCUT2D eigenvalue weighted by molar-refractivity contribution is -0.510. The molecule has 0 saturated carbocycles. The molecule has 3 heteroatoms. The third-order valence-electron chi connectivity index (χ3n) is 2.61. The van der Waals surface area contributed by atoms with Gasteiger partial charge in [0.05, 0.1) is 0 Å². The first kappa shape index (κ1) is 10.9. The highest BCUT2D eigenvalue weighted by molar-refractivity contribution is 5.84. The Hall–Kier alpha value is -1.61. The molecule has 1 aromatic carbocycles. The number of aromatic hydroxyl groups is 1. The van der Waals surface area contributed by atoms with Gasteiger partial charge in [0.15, 0.2) is 18.1 Å². The molecule has 3 aromatic rings. The molecule has 0 amide bonds. The molecule has 2 heterocycles. The van der Waals surface area contributed by atoms with E-state index in [0.717, 1.165) is 10.9 Å². The summed E-state index contributed by atoms with van der Waals surface area (Å²) in [4.78, 5) is 0. The minimum absolute atomic E-state index is 0. The summed E-state index contributed by atoms with van der Waals surface area (Å²) in [6.45, 7) is 0. The van der Waals surface area contributed by atoms with E-state index in [4.69, 9.17) is 0 Å². The summed E-state index contributed by atoms with van der Waals surface area (Å²) in [5, 5.41) is 12.0. The quantitative estimate of drug-likeness (QED) is 0.426. The van der Waals surface area contributed by atoms with Gasteiger partial charge in [-0.3, -0.25) is 0 Å². The van der Waals surface area contributed by atoms with Crippen molar-refractivity contribution < 1.29 is 26.5 Å². The van der Waals surface area contributed by atoms with Gasteiger partial charge < -0.3 is 22.1 Å². The molecule has 0 bridgehead atoms. The second-order valence-electron chi connectivity index (χ2n) is 3.59. The number of benzene rings is 1. The third kappa shape index (κ3) is 1.63. The second kappa shape index (κ2) is 4.10. The van der Waals surface area contributed by atoms with Crippen molar-refractivity contribution in [1.29, 1.82) is 0 Å². The van der Waals surface area contributed by atoms with Gasteiger partial charge in [-0.25, -0.2) is 0 Å². The lowest BCUT2D eigenvalue weighted by Crippen LogP contribution is -3.00. The van der Waals surface area contributed by atoms with E-state index in [1.807, 2.05) is 47.1 Å². The molecule has 0 saturated heterocycles. The summed E-state index contributed by atoms with van der Waals surface area (Å²) >= 11 is 0. The van der Waals surface area contributed by atoms with Crippen molar-refractivity contribution >= 4 is 16.3 Å². The number of hydrogen-bond donors (Lipinski definition) is 1. The zero-order valence-electron chi connectivity index (χ0n) is 8.47. The first-order valence-electron chi connectivity index (χ1n) is 4.86. The van der Waals surface area contributed by atoms with Gasteiger partial charge in [-0.05, 0) is 17.5 Å². The van der Waals surface area contributed by atoms with Gasteiger partial charge in [-0.2, -0.15) is 4.40 Å². The lowest BCUT2D eigenvalue weighted by Gasteiger charge is -1.97. The van der Waals surface area contributed by atoms with Gasteiger partial charge in [0.1, 0.15) is 0 Å². The molecule has 1 N–H and O–H groups in total. The highest BCUT2D eigenvalue weighted by Crippen LogP contribution is 2.18. The molecule has 0 unspecified atom stereocenters. The van der Waals surface area contributed by atoms with Crippen LogP contribution in [0.5, 0.6) is 5.75 Å².